The molecule has 3 N–H and O–H groups in total. The molecule has 4 aromatic heterocycles. The number of amides is 1. The molecule has 234 valence electrons. The SMILES string of the molecule is CCO[C@H]1CC[C@H](n2cc(NC(=O)c3csc(-c4cnn(COC(=O)[C@@H](N)C(C)C)c4)n3)c(-c3nc(F)ccc3F)n2)CC1. The maximum absolute atomic E-state index is 14.8. The molecule has 0 radical (unpaired) electrons. The lowest BCUT2D eigenvalue weighted by molar-refractivity contribution is -0.150. The largest absolute Gasteiger partial charge is 0.441 e. The summed E-state index contributed by atoms with van der Waals surface area (Å²) >= 11 is 1.22. The zero-order chi connectivity index (χ0) is 31.4. The molecular weight excluding hydrogens is 594 g/mol. The number of carbonyl (C=O) groups is 2. The average molecular weight is 629 g/mol. The molecule has 0 saturated heterocycles. The Balaban J connectivity index is 1.32. The van der Waals surface area contributed by atoms with Crippen LogP contribution in [0.3, 0.4) is 0 Å². The molecule has 4 heterocycles. The maximum atomic E-state index is 14.8. The van der Waals surface area contributed by atoms with Crippen molar-refractivity contribution in [2.24, 2.45) is 11.7 Å². The second kappa shape index (κ2) is 13.7. The number of nitrogens with two attached hydrogens (primary N) is 1. The Morgan fingerprint density at radius 2 is 1.91 bits per heavy atom. The molecule has 0 aliphatic heterocycles. The lowest BCUT2D eigenvalue weighted by atomic mass is 9.93. The van der Waals surface area contributed by atoms with Crippen molar-refractivity contribution in [3.8, 4) is 22.0 Å². The topological polar surface area (TPSA) is 152 Å². The van der Waals surface area contributed by atoms with Gasteiger partial charge in [0.25, 0.3) is 5.91 Å². The normalized spacial score (nSPS) is 17.5. The molecule has 1 aliphatic rings. The van der Waals surface area contributed by atoms with Crippen LogP contribution in [0.25, 0.3) is 22.0 Å². The minimum Gasteiger partial charge on any atom is -0.441 e. The van der Waals surface area contributed by atoms with Gasteiger partial charge in [-0.1, -0.05) is 13.8 Å². The third kappa shape index (κ3) is 7.17. The molecule has 4 aromatic rings. The molecule has 44 heavy (non-hydrogen) atoms. The molecule has 1 atom stereocenters. The fraction of sp³-hybridized carbons (Fsp3) is 0.448. The first-order valence-corrected chi connectivity index (χ1v) is 15.3. The highest BCUT2D eigenvalue weighted by Gasteiger charge is 2.27. The van der Waals surface area contributed by atoms with E-state index in [1.807, 2.05) is 20.8 Å². The minimum absolute atomic E-state index is 0.00414. The van der Waals surface area contributed by atoms with Crippen molar-refractivity contribution in [3.63, 3.8) is 0 Å². The summed E-state index contributed by atoms with van der Waals surface area (Å²) in [5, 5.41) is 13.6. The van der Waals surface area contributed by atoms with Gasteiger partial charge in [0.2, 0.25) is 5.95 Å². The number of anilines is 1. The summed E-state index contributed by atoms with van der Waals surface area (Å²) in [6, 6.07) is 1.16. The predicted molar refractivity (Wildman–Crippen MR) is 158 cm³/mol. The van der Waals surface area contributed by atoms with Gasteiger partial charge in [0, 0.05) is 29.9 Å². The molecule has 0 bridgehead atoms. The van der Waals surface area contributed by atoms with Gasteiger partial charge in [0.05, 0.1) is 24.0 Å². The van der Waals surface area contributed by atoms with E-state index in [1.165, 1.54) is 22.2 Å². The number of thiazole rings is 1. The van der Waals surface area contributed by atoms with Gasteiger partial charge in [-0.15, -0.1) is 11.3 Å². The van der Waals surface area contributed by atoms with E-state index in [9.17, 15) is 18.4 Å². The molecule has 1 amide bonds. The van der Waals surface area contributed by atoms with Gasteiger partial charge in [0.15, 0.2) is 12.5 Å². The van der Waals surface area contributed by atoms with E-state index in [2.05, 4.69) is 25.5 Å². The van der Waals surface area contributed by atoms with Crippen LogP contribution in [0, 0.1) is 17.7 Å². The summed E-state index contributed by atoms with van der Waals surface area (Å²) < 4.78 is 42.9. The zero-order valence-corrected chi connectivity index (χ0v) is 25.4. The minimum atomic E-state index is -0.868. The Kier molecular flexibility index (Phi) is 9.76. The van der Waals surface area contributed by atoms with Gasteiger partial charge in [0.1, 0.15) is 28.1 Å². The van der Waals surface area contributed by atoms with Crippen LogP contribution in [0.4, 0.5) is 14.5 Å². The molecule has 1 fully saturated rings. The van der Waals surface area contributed by atoms with Crippen molar-refractivity contribution in [1.29, 1.82) is 0 Å². The number of nitrogens with one attached hydrogen (secondary N) is 1. The molecule has 1 saturated carbocycles. The molecule has 0 spiro atoms. The van der Waals surface area contributed by atoms with E-state index in [1.54, 1.807) is 22.5 Å². The molecular formula is C29H34F2N8O4S. The summed E-state index contributed by atoms with van der Waals surface area (Å²) in [5.74, 6) is -2.79. The van der Waals surface area contributed by atoms with Crippen LogP contribution in [-0.2, 0) is 21.0 Å². The molecule has 15 heteroatoms. The quantitative estimate of drug-likeness (QED) is 0.176. The number of halogens is 2. The Labute approximate surface area is 256 Å². The highest BCUT2D eigenvalue weighted by Crippen LogP contribution is 2.34. The number of pyridine rings is 1. The Hall–Kier alpha value is -4.08. The van der Waals surface area contributed by atoms with Crippen LogP contribution < -0.4 is 11.1 Å². The number of aromatic nitrogens is 6. The summed E-state index contributed by atoms with van der Waals surface area (Å²) in [4.78, 5) is 33.5. The molecule has 0 aromatic carbocycles. The predicted octanol–water partition coefficient (Wildman–Crippen LogP) is 4.80. The smallest absolute Gasteiger partial charge is 0.324 e. The van der Waals surface area contributed by atoms with Crippen molar-refractivity contribution in [2.75, 3.05) is 11.9 Å². The second-order valence-electron chi connectivity index (χ2n) is 10.8. The number of hydrogen-bond donors (Lipinski definition) is 2. The highest BCUT2D eigenvalue weighted by atomic mass is 32.1. The van der Waals surface area contributed by atoms with E-state index in [4.69, 9.17) is 15.2 Å². The van der Waals surface area contributed by atoms with E-state index in [0.717, 1.165) is 37.8 Å². The van der Waals surface area contributed by atoms with Gasteiger partial charge < -0.3 is 20.5 Å². The third-order valence-corrected chi connectivity index (χ3v) is 8.27. The van der Waals surface area contributed by atoms with E-state index >= 15 is 0 Å². The summed E-state index contributed by atoms with van der Waals surface area (Å²) in [6.07, 6.45) is 8.22. The van der Waals surface area contributed by atoms with Crippen LogP contribution in [0.1, 0.15) is 63.0 Å². The van der Waals surface area contributed by atoms with Gasteiger partial charge in [-0.05, 0) is 50.7 Å². The summed E-state index contributed by atoms with van der Waals surface area (Å²) in [7, 11) is 0. The number of ether oxygens (including phenoxy) is 2. The number of carbonyl (C=O) groups excluding carboxylic acids is 2. The van der Waals surface area contributed by atoms with Crippen LogP contribution in [0.2, 0.25) is 0 Å². The number of esters is 1. The first kappa shape index (κ1) is 31.3. The van der Waals surface area contributed by atoms with Gasteiger partial charge >= 0.3 is 5.97 Å². The monoisotopic (exact) mass is 628 g/mol. The highest BCUT2D eigenvalue weighted by molar-refractivity contribution is 7.13. The van der Waals surface area contributed by atoms with Gasteiger partial charge in [-0.25, -0.2) is 19.0 Å². The van der Waals surface area contributed by atoms with E-state index < -0.39 is 29.7 Å². The number of nitrogens with zero attached hydrogens (tertiary/aromatic N) is 6. The number of rotatable bonds is 11. The van der Waals surface area contributed by atoms with Crippen LogP contribution in [-0.4, -0.2) is 60.2 Å². The van der Waals surface area contributed by atoms with Crippen LogP contribution in [0.5, 0.6) is 0 Å². The Bertz CT molecular complexity index is 1610. The van der Waals surface area contributed by atoms with Crippen LogP contribution in [0.15, 0.2) is 36.1 Å². The fourth-order valence-electron chi connectivity index (χ4n) is 4.88. The lowest BCUT2D eigenvalue weighted by Crippen LogP contribution is -2.37. The summed E-state index contributed by atoms with van der Waals surface area (Å²) in [5.41, 5.74) is 6.44. The van der Waals surface area contributed by atoms with Crippen molar-refractivity contribution in [3.05, 3.63) is 53.6 Å². The standard InChI is InChI=1S/C29H34F2N8O4S/c1-4-42-19-7-5-18(6-8-19)39-13-21(26(37-39)25-20(30)9-10-23(31)36-25)34-27(40)22-14-44-28(35-22)17-11-33-38(12-17)15-43-29(41)24(32)16(2)3/h9-14,16,18-19,24H,4-8,15,32H2,1-3H3,(H,34,40)/t18-,19-,24-/m0/s1. The number of hydrogen-bond acceptors (Lipinski definition) is 10. The van der Waals surface area contributed by atoms with Gasteiger partial charge in [-0.2, -0.15) is 14.6 Å². The average Bonchev–Trinajstić information content (AvgIpc) is 3.77. The molecule has 5 rings (SSSR count). The maximum Gasteiger partial charge on any atom is 0.324 e. The van der Waals surface area contributed by atoms with E-state index in [-0.39, 0.29) is 47.6 Å². The van der Waals surface area contributed by atoms with E-state index in [0.29, 0.717) is 17.2 Å². The van der Waals surface area contributed by atoms with Crippen molar-refractivity contribution < 1.29 is 27.8 Å². The summed E-state index contributed by atoms with van der Waals surface area (Å²) in [6.45, 7) is 6.14. The van der Waals surface area contributed by atoms with Crippen molar-refractivity contribution in [2.45, 2.75) is 71.4 Å². The van der Waals surface area contributed by atoms with Crippen molar-refractivity contribution >= 4 is 28.9 Å². The first-order valence-electron chi connectivity index (χ1n) is 14.4. The molecule has 12 nitrogen and oxygen atoms in total. The Morgan fingerprint density at radius 1 is 1.14 bits per heavy atom. The fourth-order valence-corrected chi connectivity index (χ4v) is 5.66. The molecule has 0 unspecified atom stereocenters. The Morgan fingerprint density at radius 3 is 2.64 bits per heavy atom. The third-order valence-electron chi connectivity index (χ3n) is 7.38. The zero-order valence-electron chi connectivity index (χ0n) is 24.6. The van der Waals surface area contributed by atoms with Crippen LogP contribution >= 0.6 is 11.3 Å². The first-order chi connectivity index (χ1) is 21.1. The van der Waals surface area contributed by atoms with Crippen molar-refractivity contribution in [1.82, 2.24) is 29.5 Å². The molecule has 1 aliphatic carbocycles. The lowest BCUT2D eigenvalue weighted by Gasteiger charge is -2.28. The second-order valence-corrected chi connectivity index (χ2v) is 11.7. The van der Waals surface area contributed by atoms with Gasteiger partial charge in [-0.3, -0.25) is 14.3 Å².